The van der Waals surface area contributed by atoms with E-state index in [1.807, 2.05) is 0 Å². The molecule has 0 radical (unpaired) electrons. The van der Waals surface area contributed by atoms with Crippen LogP contribution in [0.5, 0.6) is 0 Å². The first-order valence-corrected chi connectivity index (χ1v) is 6.25. The summed E-state index contributed by atoms with van der Waals surface area (Å²) < 4.78 is 37.9. The van der Waals surface area contributed by atoms with Crippen molar-refractivity contribution in [2.24, 2.45) is 0 Å². The van der Waals surface area contributed by atoms with E-state index >= 15 is 0 Å². The average Bonchev–Trinajstić information content (AvgIpc) is 2.32. The highest BCUT2D eigenvalue weighted by atomic mass is 35.5. The molecule has 0 aliphatic heterocycles. The van der Waals surface area contributed by atoms with Crippen molar-refractivity contribution in [3.8, 4) is 0 Å². The number of hydrogen-bond acceptors (Lipinski definition) is 1. The molecular formula is C13H13ClF3N. The molecule has 0 aromatic carbocycles. The van der Waals surface area contributed by atoms with Crippen LogP contribution in [0.2, 0.25) is 0 Å². The first kappa shape index (κ1) is 13.4. The fourth-order valence-corrected chi connectivity index (χ4v) is 2.61. The quantitative estimate of drug-likeness (QED) is 0.651. The van der Waals surface area contributed by atoms with Crippen molar-refractivity contribution in [3.05, 3.63) is 33.9 Å². The largest absolute Gasteiger partial charge is 0.417 e. The maximum absolute atomic E-state index is 12.6. The number of rotatable bonds is 0. The molecule has 0 heterocycles. The molecule has 0 atom stereocenters. The van der Waals surface area contributed by atoms with Crippen LogP contribution in [-0.2, 0) is 0 Å². The van der Waals surface area contributed by atoms with Gasteiger partial charge in [-0.3, -0.25) is 5.41 Å². The second kappa shape index (κ2) is 4.92. The normalized spacial score (nSPS) is 21.9. The summed E-state index contributed by atoms with van der Waals surface area (Å²) in [5.74, 6) is 0. The van der Waals surface area contributed by atoms with E-state index in [2.05, 4.69) is 0 Å². The summed E-state index contributed by atoms with van der Waals surface area (Å²) in [6.07, 6.45) is 2.80. The van der Waals surface area contributed by atoms with E-state index < -0.39 is 16.8 Å². The lowest BCUT2D eigenvalue weighted by atomic mass is 9.87. The summed E-state index contributed by atoms with van der Waals surface area (Å²) in [6, 6.07) is 0. The SMILES string of the molecule is N=C1C(Cl)=C(C(F)(F)F)C=CC1=C1CCCCC1. The van der Waals surface area contributed by atoms with Crippen molar-refractivity contribution in [3.63, 3.8) is 0 Å². The maximum atomic E-state index is 12.6. The molecular weight excluding hydrogens is 263 g/mol. The van der Waals surface area contributed by atoms with Crippen molar-refractivity contribution in [2.75, 3.05) is 0 Å². The predicted molar refractivity (Wildman–Crippen MR) is 65.9 cm³/mol. The molecule has 0 amide bonds. The van der Waals surface area contributed by atoms with Gasteiger partial charge in [-0.1, -0.05) is 29.7 Å². The number of nitrogens with one attached hydrogen (secondary N) is 1. The molecule has 2 rings (SSSR count). The van der Waals surface area contributed by atoms with Crippen LogP contribution in [0.15, 0.2) is 33.9 Å². The van der Waals surface area contributed by atoms with E-state index in [-0.39, 0.29) is 5.71 Å². The number of allylic oxidation sites excluding steroid dienone is 6. The van der Waals surface area contributed by atoms with Gasteiger partial charge in [0.2, 0.25) is 0 Å². The van der Waals surface area contributed by atoms with E-state index in [9.17, 15) is 13.2 Å². The summed E-state index contributed by atoms with van der Waals surface area (Å²) in [7, 11) is 0. The minimum Gasteiger partial charge on any atom is -0.299 e. The van der Waals surface area contributed by atoms with Crippen molar-refractivity contribution in [1.29, 1.82) is 5.41 Å². The Labute approximate surface area is 109 Å². The van der Waals surface area contributed by atoms with Crippen LogP contribution in [0.3, 0.4) is 0 Å². The lowest BCUT2D eigenvalue weighted by Crippen LogP contribution is -2.19. The van der Waals surface area contributed by atoms with Crippen LogP contribution in [0.25, 0.3) is 0 Å². The third-order valence-corrected chi connectivity index (χ3v) is 3.68. The van der Waals surface area contributed by atoms with Crippen LogP contribution in [0, 0.1) is 5.41 Å². The van der Waals surface area contributed by atoms with Gasteiger partial charge in [-0.15, -0.1) is 0 Å². The van der Waals surface area contributed by atoms with E-state index in [4.69, 9.17) is 17.0 Å². The standard InChI is InChI=1S/C13H13ClF3N/c14-11-10(13(15,16)17)7-6-9(12(11)18)8-4-2-1-3-5-8/h6-7,18H,1-5H2. The van der Waals surface area contributed by atoms with Crippen LogP contribution >= 0.6 is 11.6 Å². The third-order valence-electron chi connectivity index (χ3n) is 3.29. The molecule has 1 N–H and O–H groups in total. The monoisotopic (exact) mass is 275 g/mol. The molecule has 98 valence electrons. The highest BCUT2D eigenvalue weighted by molar-refractivity contribution is 6.47. The Bertz CT molecular complexity index is 461. The minimum atomic E-state index is -4.50. The molecule has 0 bridgehead atoms. The molecule has 1 nitrogen and oxygen atoms in total. The number of hydrogen-bond donors (Lipinski definition) is 1. The van der Waals surface area contributed by atoms with E-state index in [1.54, 1.807) is 0 Å². The first-order valence-electron chi connectivity index (χ1n) is 5.87. The molecule has 0 spiro atoms. The fraction of sp³-hybridized carbons (Fsp3) is 0.462. The van der Waals surface area contributed by atoms with Gasteiger partial charge in [0, 0.05) is 5.57 Å². The third kappa shape index (κ3) is 2.53. The van der Waals surface area contributed by atoms with Crippen LogP contribution in [0.4, 0.5) is 13.2 Å². The topological polar surface area (TPSA) is 23.9 Å². The zero-order chi connectivity index (χ0) is 13.3. The molecule has 0 saturated heterocycles. The van der Waals surface area contributed by atoms with E-state index in [0.29, 0.717) is 5.57 Å². The summed E-state index contributed by atoms with van der Waals surface area (Å²) in [5, 5.41) is 7.31. The molecule has 0 unspecified atom stereocenters. The van der Waals surface area contributed by atoms with Gasteiger partial charge in [0.1, 0.15) is 0 Å². The van der Waals surface area contributed by atoms with E-state index in [0.717, 1.165) is 43.8 Å². The predicted octanol–water partition coefficient (Wildman–Crippen LogP) is 4.89. The maximum Gasteiger partial charge on any atom is 0.417 e. The Hall–Kier alpha value is -1.03. The molecule has 1 fully saturated rings. The average molecular weight is 276 g/mol. The van der Waals surface area contributed by atoms with Crippen molar-refractivity contribution in [1.82, 2.24) is 0 Å². The smallest absolute Gasteiger partial charge is 0.299 e. The van der Waals surface area contributed by atoms with Gasteiger partial charge in [-0.05, 0) is 31.8 Å². The van der Waals surface area contributed by atoms with Crippen LogP contribution in [-0.4, -0.2) is 11.9 Å². The molecule has 2 aliphatic carbocycles. The summed E-state index contributed by atoms with van der Waals surface area (Å²) >= 11 is 5.68. The summed E-state index contributed by atoms with van der Waals surface area (Å²) in [4.78, 5) is 0. The fourth-order valence-electron chi connectivity index (χ4n) is 2.34. The zero-order valence-electron chi connectivity index (χ0n) is 9.70. The molecule has 5 heteroatoms. The summed E-state index contributed by atoms with van der Waals surface area (Å²) in [6.45, 7) is 0. The number of halogens is 4. The highest BCUT2D eigenvalue weighted by Crippen LogP contribution is 2.37. The summed E-state index contributed by atoms with van der Waals surface area (Å²) in [5.41, 5.74) is 0.521. The van der Waals surface area contributed by atoms with Gasteiger partial charge in [0.25, 0.3) is 0 Å². The Morgan fingerprint density at radius 2 is 1.67 bits per heavy atom. The van der Waals surface area contributed by atoms with Crippen molar-refractivity contribution in [2.45, 2.75) is 38.3 Å². The second-order valence-corrected chi connectivity index (χ2v) is 4.89. The molecule has 0 aromatic rings. The zero-order valence-corrected chi connectivity index (χ0v) is 10.5. The van der Waals surface area contributed by atoms with E-state index in [1.165, 1.54) is 6.08 Å². The van der Waals surface area contributed by atoms with Crippen molar-refractivity contribution >= 4 is 17.3 Å². The molecule has 1 saturated carbocycles. The lowest BCUT2D eigenvalue weighted by molar-refractivity contribution is -0.0883. The Balaban J connectivity index is 2.36. The van der Waals surface area contributed by atoms with Gasteiger partial charge in [-0.2, -0.15) is 13.2 Å². The molecule has 18 heavy (non-hydrogen) atoms. The van der Waals surface area contributed by atoms with Gasteiger partial charge in [-0.25, -0.2) is 0 Å². The molecule has 2 aliphatic rings. The Kier molecular flexibility index (Phi) is 3.66. The van der Waals surface area contributed by atoms with Gasteiger partial charge >= 0.3 is 6.18 Å². The Morgan fingerprint density at radius 3 is 2.22 bits per heavy atom. The van der Waals surface area contributed by atoms with Gasteiger partial charge in [0.05, 0.1) is 16.3 Å². The highest BCUT2D eigenvalue weighted by Gasteiger charge is 2.37. The van der Waals surface area contributed by atoms with Crippen LogP contribution in [0.1, 0.15) is 32.1 Å². The van der Waals surface area contributed by atoms with Gasteiger partial charge < -0.3 is 0 Å². The Morgan fingerprint density at radius 1 is 1.06 bits per heavy atom. The number of alkyl halides is 3. The van der Waals surface area contributed by atoms with Gasteiger partial charge in [0.15, 0.2) is 0 Å². The van der Waals surface area contributed by atoms with Crippen LogP contribution < -0.4 is 0 Å². The second-order valence-electron chi connectivity index (χ2n) is 4.51. The molecule has 0 aromatic heterocycles. The first-order chi connectivity index (χ1) is 8.41. The minimum absolute atomic E-state index is 0.191. The lowest BCUT2D eigenvalue weighted by Gasteiger charge is -2.22. The van der Waals surface area contributed by atoms with Crippen molar-refractivity contribution < 1.29 is 13.2 Å².